The van der Waals surface area contributed by atoms with Crippen LogP contribution in [0.3, 0.4) is 0 Å². The third-order valence-corrected chi connectivity index (χ3v) is 6.51. The summed E-state index contributed by atoms with van der Waals surface area (Å²) in [6.07, 6.45) is 2.16. The zero-order valence-corrected chi connectivity index (χ0v) is 18.8. The van der Waals surface area contributed by atoms with E-state index in [1.807, 2.05) is 0 Å². The zero-order valence-electron chi connectivity index (χ0n) is 18.8. The van der Waals surface area contributed by atoms with Gasteiger partial charge in [-0.1, -0.05) is 84.9 Å². The molecule has 0 bridgehead atoms. The number of aromatic nitrogens is 2. The number of carbonyl (C=O) groups is 1. The number of aryl methyl sites for hydroxylation is 1. The molecule has 0 aliphatic heterocycles. The molecule has 6 rings (SSSR count). The molecular formula is C30H23N2O2+. The Morgan fingerprint density at radius 3 is 2.26 bits per heavy atom. The first-order chi connectivity index (χ1) is 16.8. The fourth-order valence-corrected chi connectivity index (χ4v) is 4.97. The van der Waals surface area contributed by atoms with Gasteiger partial charge < -0.3 is 4.74 Å². The topological polar surface area (TPSA) is 35.1 Å². The number of fused-ring (bicyclic) bond motifs is 3. The van der Waals surface area contributed by atoms with Gasteiger partial charge in [0.1, 0.15) is 18.0 Å². The first kappa shape index (κ1) is 20.2. The van der Waals surface area contributed by atoms with Crippen molar-refractivity contribution in [2.75, 3.05) is 0 Å². The lowest BCUT2D eigenvalue weighted by Crippen LogP contribution is -2.29. The molecule has 0 amide bonds. The highest BCUT2D eigenvalue weighted by Gasteiger charge is 2.26. The van der Waals surface area contributed by atoms with Gasteiger partial charge in [0.15, 0.2) is 11.0 Å². The van der Waals surface area contributed by atoms with Crippen LogP contribution in [0.15, 0.2) is 103 Å². The van der Waals surface area contributed by atoms with E-state index in [1.54, 1.807) is 0 Å². The number of hydrogen-bond donors (Lipinski definition) is 0. The van der Waals surface area contributed by atoms with Crippen molar-refractivity contribution in [2.24, 2.45) is 0 Å². The van der Waals surface area contributed by atoms with Gasteiger partial charge in [0.2, 0.25) is 0 Å². The van der Waals surface area contributed by atoms with Gasteiger partial charge in [-0.2, -0.15) is 9.13 Å². The monoisotopic (exact) mass is 443 g/mol. The molecule has 5 aromatic carbocycles. The van der Waals surface area contributed by atoms with Crippen LogP contribution in [0.1, 0.15) is 11.1 Å². The SMILES string of the molecule is Cc1ccc(COC=O)c2c1[n+](-c1cccc3ccccc13)cn2-c1cccc2ccccc12. The summed E-state index contributed by atoms with van der Waals surface area (Å²) in [7, 11) is 0. The van der Waals surface area contributed by atoms with Crippen LogP contribution in [0.4, 0.5) is 0 Å². The lowest BCUT2D eigenvalue weighted by Gasteiger charge is -2.07. The Bertz CT molecular complexity index is 1690. The van der Waals surface area contributed by atoms with Gasteiger partial charge >= 0.3 is 0 Å². The number of nitrogens with zero attached hydrogens (tertiary/aromatic N) is 2. The Morgan fingerprint density at radius 1 is 0.794 bits per heavy atom. The summed E-state index contributed by atoms with van der Waals surface area (Å²) in [5.74, 6) is 0. The Morgan fingerprint density at radius 2 is 1.47 bits per heavy atom. The number of ether oxygens (including phenoxy) is 1. The fraction of sp³-hybridized carbons (Fsp3) is 0.0667. The maximum atomic E-state index is 11.0. The van der Waals surface area contributed by atoms with Crippen LogP contribution < -0.4 is 4.57 Å². The molecule has 0 unspecified atom stereocenters. The Hall–Kier alpha value is -4.44. The largest absolute Gasteiger partial charge is 0.463 e. The zero-order chi connectivity index (χ0) is 23.1. The van der Waals surface area contributed by atoms with E-state index >= 15 is 0 Å². The molecule has 0 N–H and O–H groups in total. The average molecular weight is 444 g/mol. The second kappa shape index (κ2) is 8.16. The predicted molar refractivity (Wildman–Crippen MR) is 135 cm³/mol. The molecule has 0 aliphatic rings. The number of hydrogen-bond acceptors (Lipinski definition) is 2. The summed E-state index contributed by atoms with van der Waals surface area (Å²) in [4.78, 5) is 11.0. The molecule has 6 aromatic rings. The Kier molecular flexibility index (Phi) is 4.84. The van der Waals surface area contributed by atoms with Crippen LogP contribution >= 0.6 is 0 Å². The van der Waals surface area contributed by atoms with E-state index in [4.69, 9.17) is 4.74 Å². The number of rotatable bonds is 5. The van der Waals surface area contributed by atoms with Crippen molar-refractivity contribution in [3.63, 3.8) is 0 Å². The highest BCUT2D eigenvalue weighted by atomic mass is 16.5. The molecule has 0 fully saturated rings. The minimum atomic E-state index is 0.213. The predicted octanol–water partition coefficient (Wildman–Crippen LogP) is 6.20. The molecule has 1 aromatic heterocycles. The van der Waals surface area contributed by atoms with Crippen LogP contribution in [0.5, 0.6) is 0 Å². The molecular weight excluding hydrogens is 420 g/mol. The molecule has 4 nitrogen and oxygen atoms in total. The quantitative estimate of drug-likeness (QED) is 0.235. The van der Waals surface area contributed by atoms with Crippen molar-refractivity contribution in [2.45, 2.75) is 13.5 Å². The van der Waals surface area contributed by atoms with E-state index < -0.39 is 0 Å². The van der Waals surface area contributed by atoms with E-state index in [9.17, 15) is 4.79 Å². The van der Waals surface area contributed by atoms with Crippen LogP contribution in [0.25, 0.3) is 44.0 Å². The minimum absolute atomic E-state index is 0.213. The van der Waals surface area contributed by atoms with E-state index in [-0.39, 0.29) is 6.61 Å². The first-order valence-corrected chi connectivity index (χ1v) is 11.3. The van der Waals surface area contributed by atoms with Gasteiger partial charge in [0.05, 0.1) is 0 Å². The number of carbonyl (C=O) groups excluding carboxylic acids is 1. The molecule has 164 valence electrons. The van der Waals surface area contributed by atoms with Gasteiger partial charge in [0, 0.05) is 21.9 Å². The lowest BCUT2D eigenvalue weighted by atomic mass is 10.1. The first-order valence-electron chi connectivity index (χ1n) is 11.3. The molecule has 0 atom stereocenters. The van der Waals surface area contributed by atoms with E-state index in [0.29, 0.717) is 6.47 Å². The summed E-state index contributed by atoms with van der Waals surface area (Å²) in [6.45, 7) is 2.85. The molecule has 1 heterocycles. The van der Waals surface area contributed by atoms with Gasteiger partial charge in [-0.25, -0.2) is 0 Å². The average Bonchev–Trinajstić information content (AvgIpc) is 3.29. The van der Waals surface area contributed by atoms with Crippen LogP contribution in [-0.2, 0) is 16.1 Å². The van der Waals surface area contributed by atoms with Crippen molar-refractivity contribution >= 4 is 39.1 Å². The fourth-order valence-electron chi connectivity index (χ4n) is 4.97. The lowest BCUT2D eigenvalue weighted by molar-refractivity contribution is -0.566. The van der Waals surface area contributed by atoms with Gasteiger partial charge in [-0.15, -0.1) is 0 Å². The van der Waals surface area contributed by atoms with Crippen LogP contribution in [0, 0.1) is 6.92 Å². The van der Waals surface area contributed by atoms with E-state index in [2.05, 4.69) is 119 Å². The summed E-state index contributed by atoms with van der Waals surface area (Å²) in [5.41, 5.74) is 6.43. The molecule has 4 heteroatoms. The third-order valence-electron chi connectivity index (χ3n) is 6.51. The highest BCUT2D eigenvalue weighted by Crippen LogP contribution is 2.30. The van der Waals surface area contributed by atoms with E-state index in [1.165, 1.54) is 16.2 Å². The van der Waals surface area contributed by atoms with Gasteiger partial charge in [-0.3, -0.25) is 4.79 Å². The van der Waals surface area contributed by atoms with Crippen molar-refractivity contribution in [1.29, 1.82) is 0 Å². The maximum absolute atomic E-state index is 11.0. The normalized spacial score (nSPS) is 11.3. The minimum Gasteiger partial charge on any atom is -0.463 e. The molecule has 0 saturated carbocycles. The van der Waals surface area contributed by atoms with Crippen molar-refractivity contribution in [3.05, 3.63) is 115 Å². The highest BCUT2D eigenvalue weighted by molar-refractivity contribution is 5.93. The summed E-state index contributed by atoms with van der Waals surface area (Å²) >= 11 is 0. The molecule has 0 radical (unpaired) electrons. The van der Waals surface area contributed by atoms with Crippen molar-refractivity contribution in [3.8, 4) is 11.4 Å². The van der Waals surface area contributed by atoms with Gasteiger partial charge in [0.25, 0.3) is 12.8 Å². The molecule has 0 saturated heterocycles. The van der Waals surface area contributed by atoms with E-state index in [0.717, 1.165) is 38.9 Å². The van der Waals surface area contributed by atoms with Crippen LogP contribution in [-0.4, -0.2) is 11.0 Å². The maximum Gasteiger partial charge on any atom is 0.293 e. The summed E-state index contributed by atoms with van der Waals surface area (Å²) in [5, 5.41) is 4.71. The summed E-state index contributed by atoms with van der Waals surface area (Å²) in [6, 6.07) is 33.7. The molecule has 0 aliphatic carbocycles. The Balaban J connectivity index is 1.75. The second-order valence-corrected chi connectivity index (χ2v) is 8.50. The number of imidazole rings is 1. The molecule has 0 spiro atoms. The van der Waals surface area contributed by atoms with Crippen LogP contribution in [0.2, 0.25) is 0 Å². The standard InChI is InChI=1S/C30H23N2O2/c1-21-16-17-24(18-34-20-33)30-29(21)31(27-14-6-10-22-8-2-4-12-25(22)27)19-32(30)28-15-7-11-23-9-3-5-13-26(23)28/h2-17,19-20H,18H2,1H3/q+1. The Labute approximate surface area is 197 Å². The number of benzene rings is 5. The summed E-state index contributed by atoms with van der Waals surface area (Å²) < 4.78 is 9.72. The van der Waals surface area contributed by atoms with Crippen molar-refractivity contribution < 1.29 is 14.1 Å². The molecule has 34 heavy (non-hydrogen) atoms. The van der Waals surface area contributed by atoms with Crippen molar-refractivity contribution in [1.82, 2.24) is 4.57 Å². The smallest absolute Gasteiger partial charge is 0.293 e. The third kappa shape index (κ3) is 3.15. The van der Waals surface area contributed by atoms with Gasteiger partial charge in [-0.05, 0) is 29.8 Å². The second-order valence-electron chi connectivity index (χ2n) is 8.50.